The van der Waals surface area contributed by atoms with Crippen molar-refractivity contribution in [1.82, 2.24) is 5.32 Å². The highest BCUT2D eigenvalue weighted by Crippen LogP contribution is 2.31. The number of fused-ring (bicyclic) bond motifs is 1. The van der Waals surface area contributed by atoms with Crippen LogP contribution in [0.15, 0.2) is 36.4 Å². The number of hydrogen-bond donors (Lipinski definition) is 2. The molecular weight excluding hydrogens is 362 g/mol. The number of hydrazine groups is 1. The molecule has 3 N–H and O–H groups in total. The van der Waals surface area contributed by atoms with Crippen molar-refractivity contribution in [2.45, 2.75) is 12.8 Å². The van der Waals surface area contributed by atoms with Crippen molar-refractivity contribution in [3.8, 4) is 11.1 Å². The summed E-state index contributed by atoms with van der Waals surface area (Å²) in [5.74, 6) is 5.98. The number of amides is 1. The molecule has 140 valence electrons. The number of nitrogens with two attached hydrogens (primary N) is 1. The molecule has 1 saturated heterocycles. The van der Waals surface area contributed by atoms with Crippen LogP contribution >= 0.6 is 11.6 Å². The molecule has 2 aromatic rings. The third-order valence-corrected chi connectivity index (χ3v) is 5.46. The monoisotopic (exact) mass is 383 g/mol. The maximum Gasteiger partial charge on any atom is 0.244 e. The number of rotatable bonds is 3. The number of ether oxygens (including phenoxy) is 1. The van der Waals surface area contributed by atoms with Gasteiger partial charge in [-0.05, 0) is 53.1 Å². The number of halogens is 1. The molecular formula is C21H22ClN3O2. The molecule has 0 unspecified atom stereocenters. The van der Waals surface area contributed by atoms with Gasteiger partial charge < -0.3 is 10.1 Å². The molecule has 1 fully saturated rings. The Labute approximate surface area is 163 Å². The van der Waals surface area contributed by atoms with E-state index in [1.54, 1.807) is 12.1 Å². The Hall–Kier alpha value is -2.34. The van der Waals surface area contributed by atoms with Crippen molar-refractivity contribution in [3.05, 3.63) is 51.9 Å². The second kappa shape index (κ2) is 7.72. The zero-order chi connectivity index (χ0) is 18.8. The molecule has 0 saturated carbocycles. The Morgan fingerprint density at radius 2 is 1.96 bits per heavy atom. The van der Waals surface area contributed by atoms with Crippen molar-refractivity contribution in [1.29, 1.82) is 0 Å². The summed E-state index contributed by atoms with van der Waals surface area (Å²) in [6, 6.07) is 11.7. The SMILES string of the molecule is NN(C(=O)C1CCOCC1)c1ccc(Cl)c(-c2ccc3c(c2)=CNCC=3)c1. The molecule has 2 aromatic carbocycles. The highest BCUT2D eigenvalue weighted by Gasteiger charge is 2.26. The van der Waals surface area contributed by atoms with Gasteiger partial charge in [-0.3, -0.25) is 4.79 Å². The van der Waals surface area contributed by atoms with Gasteiger partial charge in [-0.2, -0.15) is 0 Å². The van der Waals surface area contributed by atoms with Crippen LogP contribution in [0.1, 0.15) is 12.8 Å². The van der Waals surface area contributed by atoms with Crippen molar-refractivity contribution in [2.75, 3.05) is 24.8 Å². The van der Waals surface area contributed by atoms with Gasteiger partial charge in [-0.25, -0.2) is 10.9 Å². The zero-order valence-electron chi connectivity index (χ0n) is 15.0. The van der Waals surface area contributed by atoms with E-state index in [2.05, 4.69) is 23.5 Å². The molecule has 2 aliphatic heterocycles. The predicted octanol–water partition coefficient (Wildman–Crippen LogP) is 1.76. The quantitative estimate of drug-likeness (QED) is 0.481. The van der Waals surface area contributed by atoms with Crippen molar-refractivity contribution >= 4 is 35.5 Å². The Bertz CT molecular complexity index is 983. The van der Waals surface area contributed by atoms with E-state index in [0.717, 1.165) is 22.9 Å². The van der Waals surface area contributed by atoms with E-state index in [0.29, 0.717) is 36.8 Å². The fraction of sp³-hybridized carbons (Fsp3) is 0.286. The van der Waals surface area contributed by atoms with Gasteiger partial charge in [0.1, 0.15) is 0 Å². The van der Waals surface area contributed by atoms with Crippen LogP contribution in [0.2, 0.25) is 5.02 Å². The smallest absolute Gasteiger partial charge is 0.244 e. The van der Waals surface area contributed by atoms with E-state index in [1.807, 2.05) is 18.3 Å². The molecule has 2 aliphatic rings. The first-order valence-electron chi connectivity index (χ1n) is 9.13. The number of nitrogens with one attached hydrogen (secondary N) is 1. The number of carbonyl (C=O) groups is 1. The molecule has 0 aromatic heterocycles. The average Bonchev–Trinajstić information content (AvgIpc) is 2.73. The third-order valence-electron chi connectivity index (χ3n) is 5.13. The Kier molecular flexibility index (Phi) is 5.16. The van der Waals surface area contributed by atoms with Gasteiger partial charge in [0.05, 0.1) is 5.69 Å². The van der Waals surface area contributed by atoms with Crippen LogP contribution < -0.4 is 26.6 Å². The Morgan fingerprint density at radius 3 is 2.78 bits per heavy atom. The van der Waals surface area contributed by atoms with E-state index >= 15 is 0 Å². The van der Waals surface area contributed by atoms with Crippen LogP contribution in [0.4, 0.5) is 5.69 Å². The first-order chi connectivity index (χ1) is 13.1. The van der Waals surface area contributed by atoms with Crippen molar-refractivity contribution < 1.29 is 9.53 Å². The van der Waals surface area contributed by atoms with Crippen LogP contribution in [0.3, 0.4) is 0 Å². The Balaban J connectivity index is 1.66. The van der Waals surface area contributed by atoms with Crippen molar-refractivity contribution in [3.63, 3.8) is 0 Å². The van der Waals surface area contributed by atoms with Gasteiger partial charge in [0.25, 0.3) is 0 Å². The number of nitrogens with zero attached hydrogens (tertiary/aromatic N) is 1. The second-order valence-electron chi connectivity index (χ2n) is 6.86. The molecule has 0 spiro atoms. The van der Waals surface area contributed by atoms with Gasteiger partial charge in [0.2, 0.25) is 5.91 Å². The Morgan fingerprint density at radius 1 is 1.15 bits per heavy atom. The summed E-state index contributed by atoms with van der Waals surface area (Å²) in [7, 11) is 0. The fourth-order valence-corrected chi connectivity index (χ4v) is 3.77. The minimum Gasteiger partial charge on any atom is -0.387 e. The summed E-state index contributed by atoms with van der Waals surface area (Å²) in [5, 5.41) is 7.40. The molecule has 2 heterocycles. The molecule has 0 bridgehead atoms. The fourth-order valence-electron chi connectivity index (χ4n) is 3.54. The average molecular weight is 384 g/mol. The topological polar surface area (TPSA) is 67.6 Å². The molecule has 6 heteroatoms. The van der Waals surface area contributed by atoms with Crippen LogP contribution in [0.5, 0.6) is 0 Å². The molecule has 0 aliphatic carbocycles. The lowest BCUT2D eigenvalue weighted by Gasteiger charge is -2.26. The van der Waals surface area contributed by atoms with Gasteiger partial charge in [0, 0.05) is 42.5 Å². The van der Waals surface area contributed by atoms with Crippen molar-refractivity contribution in [2.24, 2.45) is 11.8 Å². The number of benzene rings is 2. The minimum atomic E-state index is -0.0946. The van der Waals surface area contributed by atoms with Crippen LogP contribution in [-0.2, 0) is 9.53 Å². The summed E-state index contributed by atoms with van der Waals surface area (Å²) in [5.41, 5.74) is 2.48. The minimum absolute atomic E-state index is 0.0795. The van der Waals surface area contributed by atoms with E-state index in [4.69, 9.17) is 22.2 Å². The van der Waals surface area contributed by atoms with E-state index in [9.17, 15) is 4.79 Å². The van der Waals surface area contributed by atoms with Gasteiger partial charge in [-0.1, -0.05) is 29.8 Å². The third kappa shape index (κ3) is 3.72. The molecule has 1 amide bonds. The molecule has 0 radical (unpaired) electrons. The molecule has 0 atom stereocenters. The van der Waals surface area contributed by atoms with Gasteiger partial charge >= 0.3 is 0 Å². The number of anilines is 1. The van der Waals surface area contributed by atoms with Crippen LogP contribution in [-0.4, -0.2) is 25.7 Å². The first kappa shape index (κ1) is 18.0. The van der Waals surface area contributed by atoms with Gasteiger partial charge in [-0.15, -0.1) is 0 Å². The largest absolute Gasteiger partial charge is 0.387 e. The van der Waals surface area contributed by atoms with Crippen LogP contribution in [0.25, 0.3) is 23.4 Å². The van der Waals surface area contributed by atoms with E-state index in [-0.39, 0.29) is 11.8 Å². The zero-order valence-corrected chi connectivity index (χ0v) is 15.7. The first-order valence-corrected chi connectivity index (χ1v) is 9.51. The van der Waals surface area contributed by atoms with E-state index in [1.165, 1.54) is 10.2 Å². The normalized spacial score (nSPS) is 16.5. The molecule has 27 heavy (non-hydrogen) atoms. The highest BCUT2D eigenvalue weighted by molar-refractivity contribution is 6.33. The summed E-state index contributed by atoms with van der Waals surface area (Å²) in [4.78, 5) is 12.7. The predicted molar refractivity (Wildman–Crippen MR) is 108 cm³/mol. The summed E-state index contributed by atoms with van der Waals surface area (Å²) < 4.78 is 5.33. The summed E-state index contributed by atoms with van der Waals surface area (Å²) in [6.07, 6.45) is 5.56. The maximum atomic E-state index is 12.7. The lowest BCUT2D eigenvalue weighted by atomic mass is 9.98. The number of carbonyl (C=O) groups excluding carboxylic acids is 1. The maximum absolute atomic E-state index is 12.7. The highest BCUT2D eigenvalue weighted by atomic mass is 35.5. The molecule has 5 nitrogen and oxygen atoms in total. The second-order valence-corrected chi connectivity index (χ2v) is 7.27. The van der Waals surface area contributed by atoms with Crippen LogP contribution in [0, 0.1) is 5.92 Å². The lowest BCUT2D eigenvalue weighted by molar-refractivity contribution is -0.125. The molecule has 4 rings (SSSR count). The number of hydrogen-bond acceptors (Lipinski definition) is 4. The standard InChI is InChI=1S/C21H22ClN3O2/c22-20-4-3-18(25(23)21(26)15-6-9-27-10-7-15)12-19(20)16-2-1-14-5-8-24-13-17(14)11-16/h1-5,11-13,15,24H,6-10,23H2. The summed E-state index contributed by atoms with van der Waals surface area (Å²) >= 11 is 6.45. The lowest BCUT2D eigenvalue weighted by Crippen LogP contribution is -2.43. The van der Waals surface area contributed by atoms with Gasteiger partial charge in [0.15, 0.2) is 0 Å². The summed E-state index contributed by atoms with van der Waals surface area (Å²) in [6.45, 7) is 2.04. The van der Waals surface area contributed by atoms with E-state index < -0.39 is 0 Å².